The quantitative estimate of drug-likeness (QED) is 0.634. The first-order valence-corrected chi connectivity index (χ1v) is 9.44. The van der Waals surface area contributed by atoms with Crippen molar-refractivity contribution in [1.82, 2.24) is 5.32 Å². The van der Waals surface area contributed by atoms with Gasteiger partial charge in [-0.3, -0.25) is 4.79 Å². The molecule has 150 valence electrons. The Bertz CT molecular complexity index is 824. The lowest BCUT2D eigenvalue weighted by Gasteiger charge is -2.15. The van der Waals surface area contributed by atoms with Gasteiger partial charge >= 0.3 is 5.97 Å². The van der Waals surface area contributed by atoms with Gasteiger partial charge in [-0.2, -0.15) is 0 Å². The molecule has 2 aromatic rings. The van der Waals surface area contributed by atoms with E-state index in [2.05, 4.69) is 5.32 Å². The van der Waals surface area contributed by atoms with Gasteiger partial charge in [-0.15, -0.1) is 0 Å². The normalized spacial score (nSPS) is 11.4. The van der Waals surface area contributed by atoms with Gasteiger partial charge in [0.25, 0.3) is 5.91 Å². The van der Waals surface area contributed by atoms with Crippen LogP contribution < -0.4 is 14.8 Å². The zero-order valence-corrected chi connectivity index (χ0v) is 16.9. The fourth-order valence-electron chi connectivity index (χ4n) is 2.53. The van der Waals surface area contributed by atoms with Crippen molar-refractivity contribution in [2.24, 2.45) is 0 Å². The zero-order chi connectivity index (χ0) is 20.5. The molecule has 0 aliphatic carbocycles. The molecule has 0 aliphatic rings. The number of carbonyl (C=O) groups is 2. The summed E-state index contributed by atoms with van der Waals surface area (Å²) in [5.74, 6) is -0.0156. The minimum atomic E-state index is -0.616. The summed E-state index contributed by atoms with van der Waals surface area (Å²) in [5.41, 5.74) is 1.14. The summed E-state index contributed by atoms with van der Waals surface area (Å²) >= 11 is 5.96. The third-order valence-corrected chi connectivity index (χ3v) is 4.07. The van der Waals surface area contributed by atoms with E-state index in [-0.39, 0.29) is 18.2 Å². The van der Waals surface area contributed by atoms with Crippen LogP contribution in [0.1, 0.15) is 42.7 Å². The van der Waals surface area contributed by atoms with Gasteiger partial charge in [0.15, 0.2) is 18.1 Å². The second kappa shape index (κ2) is 10.6. The Morgan fingerprint density at radius 2 is 1.75 bits per heavy atom. The molecule has 0 aliphatic heterocycles. The summed E-state index contributed by atoms with van der Waals surface area (Å²) in [6.07, 6.45) is 0. The fourth-order valence-corrected chi connectivity index (χ4v) is 2.73. The Morgan fingerprint density at radius 1 is 1.04 bits per heavy atom. The third kappa shape index (κ3) is 6.16. The molecule has 2 aromatic carbocycles. The maximum absolute atomic E-state index is 12.3. The molecule has 2 rings (SSSR count). The predicted octanol–water partition coefficient (Wildman–Crippen LogP) is 4.17. The van der Waals surface area contributed by atoms with E-state index in [1.54, 1.807) is 30.3 Å². The Hall–Kier alpha value is -2.73. The number of rotatable bonds is 9. The van der Waals surface area contributed by atoms with Gasteiger partial charge in [-0.05, 0) is 56.7 Å². The van der Waals surface area contributed by atoms with Crippen LogP contribution in [-0.2, 0) is 9.53 Å². The van der Waals surface area contributed by atoms with Crippen molar-refractivity contribution in [2.45, 2.75) is 26.8 Å². The molecule has 0 saturated carbocycles. The van der Waals surface area contributed by atoms with Crippen molar-refractivity contribution < 1.29 is 23.8 Å². The van der Waals surface area contributed by atoms with E-state index in [0.717, 1.165) is 5.56 Å². The van der Waals surface area contributed by atoms with E-state index in [0.29, 0.717) is 29.7 Å². The second-order valence-corrected chi connectivity index (χ2v) is 6.38. The summed E-state index contributed by atoms with van der Waals surface area (Å²) in [6, 6.07) is 11.7. The molecule has 0 spiro atoms. The number of esters is 1. The van der Waals surface area contributed by atoms with E-state index in [1.807, 2.05) is 32.9 Å². The van der Waals surface area contributed by atoms with Gasteiger partial charge in [0, 0.05) is 5.02 Å². The molecular formula is C21H24ClNO5. The number of carbonyl (C=O) groups excluding carboxylic acids is 2. The van der Waals surface area contributed by atoms with Crippen molar-refractivity contribution in [1.29, 1.82) is 0 Å². The van der Waals surface area contributed by atoms with Crippen molar-refractivity contribution in [3.05, 3.63) is 58.6 Å². The standard InChI is InChI=1S/C21H24ClNO5/c1-4-26-18-10-9-16(12-19(18)27-5-2)21(25)28-13-20(24)23-14(3)15-7-6-8-17(22)11-15/h6-12,14H,4-5,13H2,1-3H3,(H,23,24)/t14-/m1/s1. The molecule has 0 aromatic heterocycles. The highest BCUT2D eigenvalue weighted by molar-refractivity contribution is 6.30. The fraction of sp³-hybridized carbons (Fsp3) is 0.333. The predicted molar refractivity (Wildman–Crippen MR) is 107 cm³/mol. The van der Waals surface area contributed by atoms with Crippen LogP contribution in [0.5, 0.6) is 11.5 Å². The molecule has 1 amide bonds. The van der Waals surface area contributed by atoms with E-state index >= 15 is 0 Å². The van der Waals surface area contributed by atoms with Crippen molar-refractivity contribution in [3.63, 3.8) is 0 Å². The molecule has 1 atom stereocenters. The SMILES string of the molecule is CCOc1ccc(C(=O)OCC(=O)N[C@H](C)c2cccc(Cl)c2)cc1OCC. The summed E-state index contributed by atoms with van der Waals surface area (Å²) < 4.78 is 16.1. The first kappa shape index (κ1) is 21.6. The van der Waals surface area contributed by atoms with Crippen LogP contribution in [0.15, 0.2) is 42.5 Å². The van der Waals surface area contributed by atoms with Gasteiger partial charge in [-0.1, -0.05) is 23.7 Å². The Kier molecular flexibility index (Phi) is 8.14. The number of ether oxygens (including phenoxy) is 3. The number of halogens is 1. The molecule has 0 bridgehead atoms. The van der Waals surface area contributed by atoms with Gasteiger partial charge < -0.3 is 19.5 Å². The highest BCUT2D eigenvalue weighted by Crippen LogP contribution is 2.28. The molecule has 0 saturated heterocycles. The molecule has 0 unspecified atom stereocenters. The van der Waals surface area contributed by atoms with Crippen LogP contribution in [0.3, 0.4) is 0 Å². The number of amides is 1. The molecule has 6 nitrogen and oxygen atoms in total. The minimum Gasteiger partial charge on any atom is -0.490 e. The molecule has 7 heteroatoms. The van der Waals surface area contributed by atoms with Gasteiger partial charge in [-0.25, -0.2) is 4.79 Å². The van der Waals surface area contributed by atoms with E-state index in [1.165, 1.54) is 0 Å². The average Bonchev–Trinajstić information content (AvgIpc) is 2.67. The smallest absolute Gasteiger partial charge is 0.338 e. The van der Waals surface area contributed by atoms with Crippen molar-refractivity contribution >= 4 is 23.5 Å². The molecule has 0 radical (unpaired) electrons. The van der Waals surface area contributed by atoms with Crippen LogP contribution >= 0.6 is 11.6 Å². The minimum absolute atomic E-state index is 0.264. The Balaban J connectivity index is 1.93. The summed E-state index contributed by atoms with van der Waals surface area (Å²) in [5, 5.41) is 3.36. The largest absolute Gasteiger partial charge is 0.490 e. The van der Waals surface area contributed by atoms with E-state index in [9.17, 15) is 9.59 Å². The van der Waals surface area contributed by atoms with Crippen LogP contribution in [0.4, 0.5) is 0 Å². The molecular weight excluding hydrogens is 382 g/mol. The Morgan fingerprint density at radius 3 is 2.43 bits per heavy atom. The van der Waals surface area contributed by atoms with Gasteiger partial charge in [0.1, 0.15) is 0 Å². The lowest BCUT2D eigenvalue weighted by molar-refractivity contribution is -0.124. The molecule has 0 heterocycles. The van der Waals surface area contributed by atoms with Crippen LogP contribution in [0, 0.1) is 0 Å². The number of benzene rings is 2. The highest BCUT2D eigenvalue weighted by atomic mass is 35.5. The van der Waals surface area contributed by atoms with Crippen LogP contribution in [0.25, 0.3) is 0 Å². The monoisotopic (exact) mass is 405 g/mol. The summed E-state index contributed by atoms with van der Waals surface area (Å²) in [4.78, 5) is 24.3. The number of nitrogens with one attached hydrogen (secondary N) is 1. The van der Waals surface area contributed by atoms with Crippen molar-refractivity contribution in [2.75, 3.05) is 19.8 Å². The van der Waals surface area contributed by atoms with E-state index in [4.69, 9.17) is 25.8 Å². The lowest BCUT2D eigenvalue weighted by atomic mass is 10.1. The lowest BCUT2D eigenvalue weighted by Crippen LogP contribution is -2.31. The summed E-state index contributed by atoms with van der Waals surface area (Å²) in [7, 11) is 0. The van der Waals surface area contributed by atoms with Gasteiger partial charge in [0.2, 0.25) is 0 Å². The van der Waals surface area contributed by atoms with Crippen LogP contribution in [0.2, 0.25) is 5.02 Å². The topological polar surface area (TPSA) is 73.9 Å². The second-order valence-electron chi connectivity index (χ2n) is 5.95. The Labute approximate surface area is 169 Å². The number of hydrogen-bond donors (Lipinski definition) is 1. The third-order valence-electron chi connectivity index (χ3n) is 3.84. The maximum atomic E-state index is 12.3. The highest BCUT2D eigenvalue weighted by Gasteiger charge is 2.15. The zero-order valence-electron chi connectivity index (χ0n) is 16.2. The van der Waals surface area contributed by atoms with E-state index < -0.39 is 11.9 Å². The average molecular weight is 406 g/mol. The maximum Gasteiger partial charge on any atom is 0.338 e. The van der Waals surface area contributed by atoms with Crippen molar-refractivity contribution in [3.8, 4) is 11.5 Å². The first-order chi connectivity index (χ1) is 13.4. The van der Waals surface area contributed by atoms with Crippen LogP contribution in [-0.4, -0.2) is 31.7 Å². The summed E-state index contributed by atoms with van der Waals surface area (Å²) in [6.45, 7) is 6.05. The first-order valence-electron chi connectivity index (χ1n) is 9.06. The number of hydrogen-bond acceptors (Lipinski definition) is 5. The molecule has 1 N–H and O–H groups in total. The van der Waals surface area contributed by atoms with Gasteiger partial charge in [0.05, 0.1) is 24.8 Å². The molecule has 28 heavy (non-hydrogen) atoms. The molecule has 0 fully saturated rings.